The number of isocyanates is 1. The zero-order valence-electron chi connectivity index (χ0n) is 5.37. The molecule has 4 heteroatoms. The molecule has 0 bridgehead atoms. The van der Waals surface area contributed by atoms with E-state index in [1.54, 1.807) is 0 Å². The third-order valence-corrected chi connectivity index (χ3v) is 0.167. The fourth-order valence-electron chi connectivity index (χ4n) is 0. The number of carbonyl (C=O) groups excluding carboxylic acids is 2. The van der Waals surface area contributed by atoms with Crippen LogP contribution in [0.25, 0.3) is 5.41 Å². The maximum atomic E-state index is 9.14. The van der Waals surface area contributed by atoms with Gasteiger partial charge in [0, 0.05) is 0 Å². The highest BCUT2D eigenvalue weighted by Crippen LogP contribution is 1.47. The van der Waals surface area contributed by atoms with Gasteiger partial charge in [-0.1, -0.05) is 6.58 Å². The Balaban J connectivity index is -0.0000000847. The van der Waals surface area contributed by atoms with Gasteiger partial charge in [-0.15, -0.1) is 13.2 Å². The van der Waals surface area contributed by atoms with Crippen LogP contribution in [0.15, 0.2) is 25.8 Å². The van der Waals surface area contributed by atoms with Crippen LogP contribution in [-0.2, 0) is 9.59 Å². The zero-order valence-corrected chi connectivity index (χ0v) is 5.37. The molecule has 0 rings (SSSR count). The lowest BCUT2D eigenvalue weighted by atomic mass is 10.7. The molecule has 0 aliphatic heterocycles. The van der Waals surface area contributed by atoms with Crippen LogP contribution >= 0.6 is 0 Å². The number of rotatable bonds is 1. The summed E-state index contributed by atoms with van der Waals surface area (Å²) >= 11 is 0. The van der Waals surface area contributed by atoms with Crippen LogP contribution in [0.2, 0.25) is 0 Å². The standard InChI is InChI=1S/C3H4O2.C2H4.CNO/c1-2-3(4)5;1-2;2-1-3/h2H,1H2,(H,4,5);1-2H2;/q;;-1/p-1. The van der Waals surface area contributed by atoms with Gasteiger partial charge in [-0.3, -0.25) is 4.79 Å². The maximum Gasteiger partial charge on any atom is 0.0636 e. The highest BCUT2D eigenvalue weighted by Gasteiger charge is 1.55. The first kappa shape index (κ1) is 15.8. The van der Waals surface area contributed by atoms with Crippen molar-refractivity contribution in [2.24, 2.45) is 0 Å². The van der Waals surface area contributed by atoms with E-state index in [9.17, 15) is 0 Å². The molecule has 0 saturated carbocycles. The predicted octanol–water partition coefficient (Wildman–Crippen LogP) is -0.384. The molecule has 0 aromatic carbocycles. The number of carboxylic acid groups (broad SMARTS) is 1. The molecule has 0 aliphatic rings. The Hall–Kier alpha value is -1.67. The minimum atomic E-state index is -1.23. The number of nitrogens with zero attached hydrogens (tertiary/aromatic N) is 1. The van der Waals surface area contributed by atoms with Gasteiger partial charge in [-0.25, -0.2) is 0 Å². The molecule has 0 aromatic heterocycles. The molecule has 0 unspecified atom stereocenters. The minimum absolute atomic E-state index is 0.500. The van der Waals surface area contributed by atoms with E-state index < -0.39 is 5.97 Å². The molecule has 0 spiro atoms. The van der Waals surface area contributed by atoms with Crippen molar-refractivity contribution >= 4 is 12.0 Å². The number of carboxylic acids is 1. The second-order valence-electron chi connectivity index (χ2n) is 0.614. The molecular formula is C6H7NO3-2. The van der Waals surface area contributed by atoms with Crippen molar-refractivity contribution in [1.82, 2.24) is 0 Å². The van der Waals surface area contributed by atoms with Crippen LogP contribution in [0.1, 0.15) is 0 Å². The highest BCUT2D eigenvalue weighted by molar-refractivity contribution is 5.76. The molecule has 0 N–H and O–H groups in total. The Labute approximate surface area is 59.0 Å². The Kier molecular flexibility index (Phi) is 41.7. The van der Waals surface area contributed by atoms with Gasteiger partial charge in [-0.2, -0.15) is 0 Å². The average Bonchev–Trinajstić information content (AvgIpc) is 1.94. The van der Waals surface area contributed by atoms with E-state index >= 15 is 0 Å². The van der Waals surface area contributed by atoms with Gasteiger partial charge in [-0.05, 0) is 12.2 Å². The largest absolute Gasteiger partial charge is 0.724 e. The summed E-state index contributed by atoms with van der Waals surface area (Å²) in [7, 11) is 0. The van der Waals surface area contributed by atoms with E-state index in [4.69, 9.17) is 20.1 Å². The van der Waals surface area contributed by atoms with Crippen molar-refractivity contribution in [3.05, 3.63) is 31.2 Å². The molecule has 0 heterocycles. The summed E-state index contributed by atoms with van der Waals surface area (Å²) in [6.07, 6.45) is 1.22. The maximum absolute atomic E-state index is 9.14. The first-order valence-electron chi connectivity index (χ1n) is 2.03. The number of aliphatic carboxylic acids is 1. The van der Waals surface area contributed by atoms with E-state index in [0.29, 0.717) is 6.08 Å². The quantitative estimate of drug-likeness (QED) is 0.216. The third-order valence-electron chi connectivity index (χ3n) is 0.167. The molecule has 0 aliphatic carbocycles. The molecule has 4 nitrogen and oxygen atoms in total. The monoisotopic (exact) mass is 141 g/mol. The van der Waals surface area contributed by atoms with Gasteiger partial charge in [0.2, 0.25) is 0 Å². The van der Waals surface area contributed by atoms with Gasteiger partial charge >= 0.3 is 0 Å². The van der Waals surface area contributed by atoms with Crippen molar-refractivity contribution in [2.45, 2.75) is 0 Å². The average molecular weight is 141 g/mol. The normalized spacial score (nSPS) is 4.40. The fourth-order valence-corrected chi connectivity index (χ4v) is 0. The third kappa shape index (κ3) is 1650. The number of carbonyl (C=O) groups is 1. The predicted molar refractivity (Wildman–Crippen MR) is 35.5 cm³/mol. The second kappa shape index (κ2) is 26.5. The lowest BCUT2D eigenvalue weighted by Gasteiger charge is -1.81. The molecule has 0 amide bonds. The summed E-state index contributed by atoms with van der Waals surface area (Å²) in [4.78, 5) is 17.4. The summed E-state index contributed by atoms with van der Waals surface area (Å²) in [5.41, 5.74) is 0. The molecule has 0 fully saturated rings. The Morgan fingerprint density at radius 2 is 1.70 bits per heavy atom. The molecule has 0 saturated heterocycles. The van der Waals surface area contributed by atoms with Crippen LogP contribution < -0.4 is 5.11 Å². The van der Waals surface area contributed by atoms with Crippen molar-refractivity contribution < 1.29 is 14.7 Å². The minimum Gasteiger partial charge on any atom is -0.724 e. The molecular weight excluding hydrogens is 134 g/mol. The molecule has 0 atom stereocenters. The van der Waals surface area contributed by atoms with E-state index in [2.05, 4.69) is 19.7 Å². The van der Waals surface area contributed by atoms with Gasteiger partial charge < -0.3 is 15.3 Å². The second-order valence-corrected chi connectivity index (χ2v) is 0.614. The molecule has 0 radical (unpaired) electrons. The lowest BCUT2D eigenvalue weighted by Crippen LogP contribution is -2.17. The van der Waals surface area contributed by atoms with Crippen molar-refractivity contribution in [3.63, 3.8) is 0 Å². The van der Waals surface area contributed by atoms with E-state index in [1.165, 1.54) is 0 Å². The number of hydrogen-bond donors (Lipinski definition) is 0. The first-order chi connectivity index (χ1) is 4.68. The number of hydrogen-bond acceptors (Lipinski definition) is 3. The van der Waals surface area contributed by atoms with E-state index in [0.717, 1.165) is 6.08 Å². The van der Waals surface area contributed by atoms with Gasteiger partial charge in [0.1, 0.15) is 0 Å². The lowest BCUT2D eigenvalue weighted by molar-refractivity contribution is -0.297. The van der Waals surface area contributed by atoms with Crippen molar-refractivity contribution in [2.75, 3.05) is 0 Å². The van der Waals surface area contributed by atoms with Crippen LogP contribution in [0, 0.1) is 0 Å². The van der Waals surface area contributed by atoms with Gasteiger partial charge in [0.15, 0.2) is 0 Å². The van der Waals surface area contributed by atoms with Crippen LogP contribution in [0.4, 0.5) is 0 Å². The summed E-state index contributed by atoms with van der Waals surface area (Å²) in [5.74, 6) is -1.23. The summed E-state index contributed by atoms with van der Waals surface area (Å²) < 4.78 is 0. The Morgan fingerprint density at radius 1 is 1.60 bits per heavy atom. The fraction of sp³-hybridized carbons (Fsp3) is 0. The highest BCUT2D eigenvalue weighted by atomic mass is 16.4. The molecule has 56 valence electrons. The van der Waals surface area contributed by atoms with E-state index in [-0.39, 0.29) is 0 Å². The first-order valence-corrected chi connectivity index (χ1v) is 2.03. The Morgan fingerprint density at radius 3 is 1.70 bits per heavy atom. The van der Waals surface area contributed by atoms with Gasteiger partial charge in [0.25, 0.3) is 0 Å². The summed E-state index contributed by atoms with van der Waals surface area (Å²) in [5, 5.41) is 15.9. The van der Waals surface area contributed by atoms with Gasteiger partial charge in [0.05, 0.1) is 5.97 Å². The smallest absolute Gasteiger partial charge is 0.0636 e. The van der Waals surface area contributed by atoms with Crippen LogP contribution in [0.5, 0.6) is 0 Å². The Bertz CT molecular complexity index is 125. The van der Waals surface area contributed by atoms with Crippen LogP contribution in [0.3, 0.4) is 0 Å². The van der Waals surface area contributed by atoms with E-state index in [1.807, 2.05) is 0 Å². The zero-order chi connectivity index (χ0) is 8.99. The molecule has 10 heavy (non-hydrogen) atoms. The topological polar surface area (TPSA) is 79.5 Å². The molecule has 0 aromatic rings. The van der Waals surface area contributed by atoms with Crippen molar-refractivity contribution in [1.29, 1.82) is 0 Å². The summed E-state index contributed by atoms with van der Waals surface area (Å²) in [6.45, 7) is 8.90. The SMILES string of the molecule is C=C.C=CC(=O)[O-].[N-]=C=O. The summed E-state index contributed by atoms with van der Waals surface area (Å²) in [6, 6.07) is 0. The van der Waals surface area contributed by atoms with Crippen LogP contribution in [-0.4, -0.2) is 12.0 Å². The van der Waals surface area contributed by atoms with Crippen molar-refractivity contribution in [3.8, 4) is 0 Å².